The van der Waals surface area contributed by atoms with Gasteiger partial charge < -0.3 is 10.2 Å². The van der Waals surface area contributed by atoms with E-state index in [0.29, 0.717) is 12.8 Å². The zero-order valence-corrected chi connectivity index (χ0v) is 15.2. The standard InChI is InChI=1S/C21H24N2O2/c1-14-12-15(2)18(16(3)13-14)22-19(24)21(10-11-21)20(25)23(4)17-8-6-5-7-9-17/h5-9,12-13H,10-11H2,1-4H3,(H,22,24). The Balaban J connectivity index is 1.81. The summed E-state index contributed by atoms with van der Waals surface area (Å²) >= 11 is 0. The van der Waals surface area contributed by atoms with Gasteiger partial charge in [0.2, 0.25) is 11.8 Å². The zero-order valence-electron chi connectivity index (χ0n) is 15.2. The minimum absolute atomic E-state index is 0.140. The van der Waals surface area contributed by atoms with E-state index < -0.39 is 5.41 Å². The highest BCUT2D eigenvalue weighted by Gasteiger charge is 2.57. The third-order valence-corrected chi connectivity index (χ3v) is 4.96. The van der Waals surface area contributed by atoms with Crippen molar-refractivity contribution >= 4 is 23.2 Å². The predicted octanol–water partition coefficient (Wildman–Crippen LogP) is 3.99. The molecule has 1 aliphatic rings. The second-order valence-electron chi connectivity index (χ2n) is 7.01. The van der Waals surface area contributed by atoms with E-state index in [1.165, 1.54) is 0 Å². The van der Waals surface area contributed by atoms with Crippen molar-refractivity contribution in [2.75, 3.05) is 17.3 Å². The Labute approximate surface area is 148 Å². The van der Waals surface area contributed by atoms with Crippen LogP contribution in [0.15, 0.2) is 42.5 Å². The molecule has 130 valence electrons. The first-order valence-corrected chi connectivity index (χ1v) is 8.58. The summed E-state index contributed by atoms with van der Waals surface area (Å²) in [5.74, 6) is -0.339. The number of aryl methyl sites for hydroxylation is 3. The molecule has 1 aliphatic carbocycles. The molecule has 4 heteroatoms. The lowest BCUT2D eigenvalue weighted by Gasteiger charge is -2.24. The van der Waals surface area contributed by atoms with Crippen LogP contribution in [0.3, 0.4) is 0 Å². The average molecular weight is 336 g/mol. The van der Waals surface area contributed by atoms with E-state index in [1.54, 1.807) is 11.9 Å². The van der Waals surface area contributed by atoms with E-state index >= 15 is 0 Å². The molecule has 2 aromatic rings. The SMILES string of the molecule is Cc1cc(C)c(NC(=O)C2(C(=O)N(C)c3ccccc3)CC2)c(C)c1. The van der Waals surface area contributed by atoms with Gasteiger partial charge in [-0.2, -0.15) is 0 Å². The molecular weight excluding hydrogens is 312 g/mol. The number of hydrogen-bond donors (Lipinski definition) is 1. The van der Waals surface area contributed by atoms with Crippen LogP contribution in [-0.2, 0) is 9.59 Å². The molecule has 0 saturated heterocycles. The molecule has 2 amide bonds. The molecule has 25 heavy (non-hydrogen) atoms. The third-order valence-electron chi connectivity index (χ3n) is 4.96. The summed E-state index contributed by atoms with van der Waals surface area (Å²) in [5, 5.41) is 3.01. The van der Waals surface area contributed by atoms with Crippen LogP contribution in [0.4, 0.5) is 11.4 Å². The quantitative estimate of drug-likeness (QED) is 0.858. The number of carbonyl (C=O) groups is 2. The maximum Gasteiger partial charge on any atom is 0.242 e. The smallest absolute Gasteiger partial charge is 0.242 e. The summed E-state index contributed by atoms with van der Waals surface area (Å²) in [6.45, 7) is 5.99. The van der Waals surface area contributed by atoms with Crippen molar-refractivity contribution in [2.45, 2.75) is 33.6 Å². The summed E-state index contributed by atoms with van der Waals surface area (Å²) in [7, 11) is 1.73. The van der Waals surface area contributed by atoms with Gasteiger partial charge in [-0.05, 0) is 56.9 Å². The van der Waals surface area contributed by atoms with Crippen LogP contribution in [0.5, 0.6) is 0 Å². The highest BCUT2D eigenvalue weighted by atomic mass is 16.2. The fraction of sp³-hybridized carbons (Fsp3) is 0.333. The van der Waals surface area contributed by atoms with Crippen LogP contribution in [-0.4, -0.2) is 18.9 Å². The average Bonchev–Trinajstić information content (AvgIpc) is 3.39. The summed E-state index contributed by atoms with van der Waals surface area (Å²) < 4.78 is 0. The van der Waals surface area contributed by atoms with Crippen molar-refractivity contribution in [3.8, 4) is 0 Å². The van der Waals surface area contributed by atoms with Crippen molar-refractivity contribution in [2.24, 2.45) is 5.41 Å². The van der Waals surface area contributed by atoms with E-state index in [1.807, 2.05) is 63.2 Å². The topological polar surface area (TPSA) is 49.4 Å². The Hall–Kier alpha value is -2.62. The van der Waals surface area contributed by atoms with Gasteiger partial charge in [-0.25, -0.2) is 0 Å². The second kappa shape index (κ2) is 6.36. The third kappa shape index (κ3) is 3.16. The summed E-state index contributed by atoms with van der Waals surface area (Å²) in [6.07, 6.45) is 1.19. The zero-order chi connectivity index (χ0) is 18.2. The van der Waals surface area contributed by atoms with Gasteiger partial charge >= 0.3 is 0 Å². The van der Waals surface area contributed by atoms with E-state index in [-0.39, 0.29) is 11.8 Å². The first-order chi connectivity index (χ1) is 11.8. The first-order valence-electron chi connectivity index (χ1n) is 8.58. The molecule has 0 unspecified atom stereocenters. The molecule has 1 N–H and O–H groups in total. The number of rotatable bonds is 4. The van der Waals surface area contributed by atoms with Crippen LogP contribution < -0.4 is 10.2 Å². The van der Waals surface area contributed by atoms with Crippen LogP contribution in [0.2, 0.25) is 0 Å². The van der Waals surface area contributed by atoms with Crippen molar-refractivity contribution < 1.29 is 9.59 Å². The number of benzene rings is 2. The lowest BCUT2D eigenvalue weighted by atomic mass is 10.0. The van der Waals surface area contributed by atoms with Gasteiger partial charge in [0.05, 0.1) is 0 Å². The molecule has 2 aromatic carbocycles. The number of para-hydroxylation sites is 1. The monoisotopic (exact) mass is 336 g/mol. The van der Waals surface area contributed by atoms with Crippen LogP contribution >= 0.6 is 0 Å². The van der Waals surface area contributed by atoms with Crippen LogP contribution in [0.25, 0.3) is 0 Å². The molecular formula is C21H24N2O2. The molecule has 0 atom stereocenters. The Bertz CT molecular complexity index is 800. The Morgan fingerprint density at radius 1 is 1.00 bits per heavy atom. The van der Waals surface area contributed by atoms with Gasteiger partial charge in [0.1, 0.15) is 5.41 Å². The summed E-state index contributed by atoms with van der Waals surface area (Å²) in [4.78, 5) is 27.4. The van der Waals surface area contributed by atoms with Crippen LogP contribution in [0, 0.1) is 26.2 Å². The van der Waals surface area contributed by atoms with Gasteiger partial charge in [0.25, 0.3) is 0 Å². The molecule has 3 rings (SSSR count). The summed E-state index contributed by atoms with van der Waals surface area (Å²) in [6, 6.07) is 13.5. The fourth-order valence-corrected chi connectivity index (χ4v) is 3.36. The van der Waals surface area contributed by atoms with Gasteiger partial charge in [-0.1, -0.05) is 35.9 Å². The number of hydrogen-bond acceptors (Lipinski definition) is 2. The minimum atomic E-state index is -0.936. The normalized spacial score (nSPS) is 14.7. The molecule has 0 spiro atoms. The molecule has 0 aromatic heterocycles. The first kappa shape index (κ1) is 17.2. The van der Waals surface area contributed by atoms with Crippen molar-refractivity contribution in [3.63, 3.8) is 0 Å². The molecule has 1 saturated carbocycles. The maximum atomic E-state index is 12.9. The minimum Gasteiger partial charge on any atom is -0.325 e. The molecule has 0 heterocycles. The van der Waals surface area contributed by atoms with Gasteiger partial charge in [-0.3, -0.25) is 9.59 Å². The Kier molecular flexibility index (Phi) is 4.38. The predicted molar refractivity (Wildman–Crippen MR) is 101 cm³/mol. The van der Waals surface area contributed by atoms with Crippen LogP contribution in [0.1, 0.15) is 29.5 Å². The lowest BCUT2D eigenvalue weighted by Crippen LogP contribution is -2.41. The van der Waals surface area contributed by atoms with E-state index in [0.717, 1.165) is 28.1 Å². The molecule has 1 fully saturated rings. The molecule has 0 bridgehead atoms. The highest BCUT2D eigenvalue weighted by molar-refractivity contribution is 6.17. The van der Waals surface area contributed by atoms with Gasteiger partial charge in [0, 0.05) is 18.4 Å². The van der Waals surface area contributed by atoms with Gasteiger partial charge in [0.15, 0.2) is 0 Å². The largest absolute Gasteiger partial charge is 0.325 e. The second-order valence-corrected chi connectivity index (χ2v) is 7.01. The fourth-order valence-electron chi connectivity index (χ4n) is 3.36. The Morgan fingerprint density at radius 2 is 1.56 bits per heavy atom. The maximum absolute atomic E-state index is 12.9. The number of nitrogens with zero attached hydrogens (tertiary/aromatic N) is 1. The lowest BCUT2D eigenvalue weighted by molar-refractivity contribution is -0.132. The van der Waals surface area contributed by atoms with E-state index in [2.05, 4.69) is 5.32 Å². The summed E-state index contributed by atoms with van der Waals surface area (Å²) in [5.41, 5.74) is 3.88. The molecule has 0 radical (unpaired) electrons. The number of carbonyl (C=O) groups excluding carboxylic acids is 2. The highest BCUT2D eigenvalue weighted by Crippen LogP contribution is 2.48. The number of amides is 2. The number of nitrogens with one attached hydrogen (secondary N) is 1. The van der Waals surface area contributed by atoms with Crippen molar-refractivity contribution in [3.05, 3.63) is 59.2 Å². The number of anilines is 2. The van der Waals surface area contributed by atoms with E-state index in [9.17, 15) is 9.59 Å². The Morgan fingerprint density at radius 3 is 2.08 bits per heavy atom. The van der Waals surface area contributed by atoms with Crippen molar-refractivity contribution in [1.29, 1.82) is 0 Å². The van der Waals surface area contributed by atoms with Crippen molar-refractivity contribution in [1.82, 2.24) is 0 Å². The van der Waals surface area contributed by atoms with E-state index in [4.69, 9.17) is 0 Å². The molecule has 0 aliphatic heterocycles. The van der Waals surface area contributed by atoms with Gasteiger partial charge in [-0.15, -0.1) is 0 Å². The molecule has 4 nitrogen and oxygen atoms in total.